The number of esters is 1. The summed E-state index contributed by atoms with van der Waals surface area (Å²) in [6.45, 7) is 2.03. The molecule has 1 aromatic rings. The molecule has 14 heavy (non-hydrogen) atoms. The van der Waals surface area contributed by atoms with Gasteiger partial charge in [0.2, 0.25) is 0 Å². The Balaban J connectivity index is 3.02. The third-order valence-corrected chi connectivity index (χ3v) is 1.68. The van der Waals surface area contributed by atoms with Crippen LogP contribution in [-0.4, -0.2) is 12.6 Å². The van der Waals surface area contributed by atoms with E-state index >= 15 is 0 Å². The quantitative estimate of drug-likeness (QED) is 0.563. The maximum atomic E-state index is 11.3. The lowest BCUT2D eigenvalue weighted by atomic mass is 10.1. The molecule has 0 spiro atoms. The van der Waals surface area contributed by atoms with Crippen LogP contribution in [0, 0.1) is 11.3 Å². The van der Waals surface area contributed by atoms with Crippen LogP contribution in [-0.2, 0) is 4.74 Å². The van der Waals surface area contributed by atoms with Crippen LogP contribution in [0.2, 0.25) is 0 Å². The smallest absolute Gasteiger partial charge is 0.338 e. The maximum Gasteiger partial charge on any atom is 0.338 e. The minimum Gasteiger partial charge on any atom is -0.462 e. The molecule has 0 amide bonds. The van der Waals surface area contributed by atoms with Crippen LogP contribution < -0.4 is 5.73 Å². The number of carbonyl (C=O) groups excluding carboxylic acids is 1. The third-order valence-electron chi connectivity index (χ3n) is 1.68. The van der Waals surface area contributed by atoms with Crippen LogP contribution in [0.1, 0.15) is 22.8 Å². The molecule has 1 aromatic carbocycles. The van der Waals surface area contributed by atoms with Crippen molar-refractivity contribution in [2.24, 2.45) is 0 Å². The van der Waals surface area contributed by atoms with E-state index in [9.17, 15) is 4.79 Å². The van der Waals surface area contributed by atoms with Gasteiger partial charge in [0, 0.05) is 5.69 Å². The van der Waals surface area contributed by atoms with Crippen LogP contribution in [0.25, 0.3) is 0 Å². The second-order valence-electron chi connectivity index (χ2n) is 2.63. The highest BCUT2D eigenvalue weighted by Crippen LogP contribution is 2.13. The summed E-state index contributed by atoms with van der Waals surface area (Å²) in [5, 5.41) is 8.67. The normalized spacial score (nSPS) is 9.14. The van der Waals surface area contributed by atoms with Crippen molar-refractivity contribution in [1.29, 1.82) is 5.26 Å². The second kappa shape index (κ2) is 4.28. The van der Waals surface area contributed by atoms with E-state index in [1.807, 2.05) is 6.07 Å². The number of nitrogens with two attached hydrogens (primary N) is 1. The summed E-state index contributed by atoms with van der Waals surface area (Å²) in [5.41, 5.74) is 6.49. The fourth-order valence-corrected chi connectivity index (χ4v) is 0.995. The molecule has 0 fully saturated rings. The highest BCUT2D eigenvalue weighted by Gasteiger charge is 2.08. The number of nitrogen functional groups attached to an aromatic ring is 1. The first kappa shape index (κ1) is 10.1. The fourth-order valence-electron chi connectivity index (χ4n) is 0.995. The van der Waals surface area contributed by atoms with Gasteiger partial charge in [-0.3, -0.25) is 0 Å². The van der Waals surface area contributed by atoms with Gasteiger partial charge < -0.3 is 10.5 Å². The Kier molecular flexibility index (Phi) is 3.08. The van der Waals surface area contributed by atoms with E-state index in [2.05, 4.69) is 0 Å². The molecule has 0 saturated heterocycles. The van der Waals surface area contributed by atoms with Gasteiger partial charge in [0.25, 0.3) is 0 Å². The Hall–Kier alpha value is -2.02. The summed E-state index contributed by atoms with van der Waals surface area (Å²) in [6.07, 6.45) is 0. The summed E-state index contributed by atoms with van der Waals surface area (Å²) in [7, 11) is 0. The van der Waals surface area contributed by atoms with Crippen LogP contribution >= 0.6 is 0 Å². The minimum atomic E-state index is -0.441. The zero-order valence-corrected chi connectivity index (χ0v) is 7.78. The third kappa shape index (κ3) is 2.02. The Morgan fingerprint density at radius 1 is 1.64 bits per heavy atom. The average molecular weight is 190 g/mol. The molecule has 4 nitrogen and oxygen atoms in total. The fraction of sp³-hybridized carbons (Fsp3) is 0.200. The molecule has 1 rings (SSSR count). The highest BCUT2D eigenvalue weighted by atomic mass is 16.5. The van der Waals surface area contributed by atoms with Crippen molar-refractivity contribution < 1.29 is 9.53 Å². The number of hydrogen-bond acceptors (Lipinski definition) is 4. The molecular weight excluding hydrogens is 180 g/mol. The van der Waals surface area contributed by atoms with Crippen LogP contribution in [0.5, 0.6) is 0 Å². The number of rotatable bonds is 2. The summed E-state index contributed by atoms with van der Waals surface area (Å²) in [4.78, 5) is 11.3. The van der Waals surface area contributed by atoms with Crippen molar-refractivity contribution in [2.45, 2.75) is 6.92 Å². The highest BCUT2D eigenvalue weighted by molar-refractivity contribution is 5.90. The van der Waals surface area contributed by atoms with Crippen molar-refractivity contribution in [3.8, 4) is 6.07 Å². The summed E-state index contributed by atoms with van der Waals surface area (Å²) in [6, 6.07) is 6.38. The standard InChI is InChI=1S/C10H10N2O2/c1-2-14-10(13)7-3-4-9(12)8(5-7)6-11/h3-5H,2,12H2,1H3. The van der Waals surface area contributed by atoms with Gasteiger partial charge in [-0.25, -0.2) is 4.79 Å². The lowest BCUT2D eigenvalue weighted by Gasteiger charge is -2.02. The van der Waals surface area contributed by atoms with Gasteiger partial charge in [-0.1, -0.05) is 0 Å². The van der Waals surface area contributed by atoms with Crippen molar-refractivity contribution in [3.63, 3.8) is 0 Å². The number of hydrogen-bond donors (Lipinski definition) is 1. The number of anilines is 1. The van der Waals surface area contributed by atoms with E-state index < -0.39 is 5.97 Å². The maximum absolute atomic E-state index is 11.3. The Labute approximate surface area is 81.9 Å². The van der Waals surface area contributed by atoms with Crippen LogP contribution in [0.15, 0.2) is 18.2 Å². The molecule has 0 aliphatic rings. The summed E-state index contributed by atoms with van der Waals surface area (Å²) < 4.78 is 4.78. The number of nitrogens with zero attached hydrogens (tertiary/aromatic N) is 1. The van der Waals surface area contributed by atoms with Gasteiger partial charge in [0.05, 0.1) is 17.7 Å². The number of benzene rings is 1. The van der Waals surface area contributed by atoms with Crippen molar-refractivity contribution in [1.82, 2.24) is 0 Å². The average Bonchev–Trinajstić information content (AvgIpc) is 2.19. The van der Waals surface area contributed by atoms with Gasteiger partial charge >= 0.3 is 5.97 Å². The van der Waals surface area contributed by atoms with E-state index in [0.29, 0.717) is 17.9 Å². The molecular formula is C10H10N2O2. The molecule has 4 heteroatoms. The van der Waals surface area contributed by atoms with Crippen LogP contribution in [0.4, 0.5) is 5.69 Å². The lowest BCUT2D eigenvalue weighted by Crippen LogP contribution is -2.05. The van der Waals surface area contributed by atoms with Gasteiger partial charge in [0.15, 0.2) is 0 Å². The Morgan fingerprint density at radius 3 is 2.93 bits per heavy atom. The largest absolute Gasteiger partial charge is 0.462 e. The van der Waals surface area contributed by atoms with Gasteiger partial charge in [0.1, 0.15) is 6.07 Å². The number of carbonyl (C=O) groups is 1. The van der Waals surface area contributed by atoms with E-state index in [4.69, 9.17) is 15.7 Å². The summed E-state index contributed by atoms with van der Waals surface area (Å²) in [5.74, 6) is -0.441. The molecule has 72 valence electrons. The molecule has 0 bridgehead atoms. The van der Waals surface area contributed by atoms with Crippen LogP contribution in [0.3, 0.4) is 0 Å². The molecule has 0 aliphatic heterocycles. The first-order chi connectivity index (χ1) is 6.69. The Bertz CT molecular complexity index is 394. The molecule has 2 N–H and O–H groups in total. The zero-order chi connectivity index (χ0) is 10.6. The molecule has 0 unspecified atom stereocenters. The second-order valence-corrected chi connectivity index (χ2v) is 2.63. The van der Waals surface area contributed by atoms with E-state index in [-0.39, 0.29) is 5.56 Å². The van der Waals surface area contributed by atoms with Gasteiger partial charge in [-0.15, -0.1) is 0 Å². The Morgan fingerprint density at radius 2 is 2.36 bits per heavy atom. The SMILES string of the molecule is CCOC(=O)c1ccc(N)c(C#N)c1. The number of ether oxygens (including phenoxy) is 1. The first-order valence-electron chi connectivity index (χ1n) is 4.15. The lowest BCUT2D eigenvalue weighted by molar-refractivity contribution is 0.0526. The van der Waals surface area contributed by atoms with Gasteiger partial charge in [-0.2, -0.15) is 5.26 Å². The minimum absolute atomic E-state index is 0.288. The zero-order valence-electron chi connectivity index (χ0n) is 7.78. The molecule has 0 saturated carbocycles. The predicted molar refractivity (Wildman–Crippen MR) is 51.5 cm³/mol. The van der Waals surface area contributed by atoms with E-state index in [0.717, 1.165) is 0 Å². The van der Waals surface area contributed by atoms with E-state index in [1.165, 1.54) is 18.2 Å². The molecule has 0 atom stereocenters. The topological polar surface area (TPSA) is 76.1 Å². The van der Waals surface area contributed by atoms with Crippen molar-refractivity contribution in [3.05, 3.63) is 29.3 Å². The molecule has 0 aromatic heterocycles. The predicted octanol–water partition coefficient (Wildman–Crippen LogP) is 1.32. The van der Waals surface area contributed by atoms with Crippen molar-refractivity contribution in [2.75, 3.05) is 12.3 Å². The van der Waals surface area contributed by atoms with Crippen molar-refractivity contribution >= 4 is 11.7 Å². The molecule has 0 heterocycles. The monoisotopic (exact) mass is 190 g/mol. The van der Waals surface area contributed by atoms with Gasteiger partial charge in [-0.05, 0) is 25.1 Å². The molecule has 0 aliphatic carbocycles. The summed E-state index contributed by atoms with van der Waals surface area (Å²) >= 11 is 0. The molecule has 0 radical (unpaired) electrons. The first-order valence-corrected chi connectivity index (χ1v) is 4.15. The van der Waals surface area contributed by atoms with E-state index in [1.54, 1.807) is 6.92 Å². The number of nitriles is 1.